The maximum atomic E-state index is 13.1. The van der Waals surface area contributed by atoms with E-state index >= 15 is 0 Å². The molecule has 130 valence electrons. The molecule has 0 saturated carbocycles. The molecule has 0 aliphatic carbocycles. The van der Waals surface area contributed by atoms with Crippen LogP contribution in [0, 0.1) is 11.6 Å². The quantitative estimate of drug-likeness (QED) is 0.727. The van der Waals surface area contributed by atoms with Crippen LogP contribution in [-0.4, -0.2) is 48.9 Å². The highest BCUT2D eigenvalue weighted by Crippen LogP contribution is 2.11. The van der Waals surface area contributed by atoms with Gasteiger partial charge in [-0.3, -0.25) is 9.59 Å². The van der Waals surface area contributed by atoms with Crippen LogP contribution < -0.4 is 16.0 Å². The number of carbonyl (C=O) groups excluding carboxylic acids is 3. The van der Waals surface area contributed by atoms with Crippen molar-refractivity contribution in [2.24, 2.45) is 0 Å². The van der Waals surface area contributed by atoms with E-state index in [1.54, 1.807) is 0 Å². The number of benzene rings is 1. The van der Waals surface area contributed by atoms with E-state index in [-0.39, 0.29) is 37.5 Å². The van der Waals surface area contributed by atoms with Crippen LogP contribution in [0.2, 0.25) is 0 Å². The normalized spacial score (nSPS) is 17.2. The lowest BCUT2D eigenvalue weighted by Gasteiger charge is -2.34. The largest absolute Gasteiger partial charge is 0.359 e. The Hall–Kier alpha value is -2.71. The van der Waals surface area contributed by atoms with Gasteiger partial charge in [-0.1, -0.05) is 0 Å². The van der Waals surface area contributed by atoms with Gasteiger partial charge in [-0.15, -0.1) is 0 Å². The molecule has 1 aromatic rings. The Bertz CT molecular complexity index is 633. The number of hydrogen-bond acceptors (Lipinski definition) is 3. The van der Waals surface area contributed by atoms with E-state index in [1.165, 1.54) is 11.9 Å². The van der Waals surface area contributed by atoms with Gasteiger partial charge >= 0.3 is 6.03 Å². The summed E-state index contributed by atoms with van der Waals surface area (Å²) in [5.74, 6) is -2.28. The van der Waals surface area contributed by atoms with Crippen molar-refractivity contribution in [1.29, 1.82) is 0 Å². The second-order valence-corrected chi connectivity index (χ2v) is 5.31. The smallest absolute Gasteiger partial charge is 0.318 e. The second-order valence-electron chi connectivity index (χ2n) is 5.31. The summed E-state index contributed by atoms with van der Waals surface area (Å²) in [5.41, 5.74) is 0.255. The average Bonchev–Trinajstić information content (AvgIpc) is 2.53. The lowest BCUT2D eigenvalue weighted by atomic mass is 10.1. The van der Waals surface area contributed by atoms with Crippen molar-refractivity contribution in [2.75, 3.05) is 20.1 Å². The third-order valence-electron chi connectivity index (χ3n) is 3.62. The molecular weight excluding hydrogens is 322 g/mol. The molecule has 0 spiro atoms. The lowest BCUT2D eigenvalue weighted by Crippen LogP contribution is -2.60. The number of piperazine rings is 1. The second kappa shape index (κ2) is 7.71. The lowest BCUT2D eigenvalue weighted by molar-refractivity contribution is -0.132. The van der Waals surface area contributed by atoms with Crippen LogP contribution in [0.15, 0.2) is 18.2 Å². The standard InChI is InChI=1S/C15H18F2N4O3/c1-18-13(22)7-12-14(23)19-2-3-21(12)15(24)20-8-9-4-10(16)6-11(17)5-9/h4-6,12H,2-3,7-8H2,1H3,(H,18,22)(H,19,23)(H,20,24)/t12-/m1/s1. The maximum absolute atomic E-state index is 13.1. The predicted molar refractivity (Wildman–Crippen MR) is 80.8 cm³/mol. The van der Waals surface area contributed by atoms with Crippen LogP contribution >= 0.6 is 0 Å². The minimum Gasteiger partial charge on any atom is -0.359 e. The molecule has 1 saturated heterocycles. The van der Waals surface area contributed by atoms with Crippen LogP contribution in [0.4, 0.5) is 13.6 Å². The van der Waals surface area contributed by atoms with E-state index in [0.29, 0.717) is 0 Å². The summed E-state index contributed by atoms with van der Waals surface area (Å²) in [6, 6.07) is 1.44. The molecule has 9 heteroatoms. The van der Waals surface area contributed by atoms with Gasteiger partial charge in [-0.25, -0.2) is 13.6 Å². The first-order valence-corrected chi connectivity index (χ1v) is 7.38. The van der Waals surface area contributed by atoms with Crippen molar-refractivity contribution in [2.45, 2.75) is 19.0 Å². The van der Waals surface area contributed by atoms with Crippen LogP contribution in [0.25, 0.3) is 0 Å². The zero-order valence-electron chi connectivity index (χ0n) is 13.1. The van der Waals surface area contributed by atoms with Crippen molar-refractivity contribution in [3.63, 3.8) is 0 Å². The molecule has 1 fully saturated rings. The molecule has 4 amide bonds. The van der Waals surface area contributed by atoms with E-state index in [0.717, 1.165) is 18.2 Å². The monoisotopic (exact) mass is 340 g/mol. The van der Waals surface area contributed by atoms with Crippen LogP contribution in [-0.2, 0) is 16.1 Å². The molecule has 3 N–H and O–H groups in total. The molecule has 1 aliphatic rings. The number of nitrogens with zero attached hydrogens (tertiary/aromatic N) is 1. The number of amides is 4. The Balaban J connectivity index is 2.02. The first kappa shape index (κ1) is 17.6. The molecule has 7 nitrogen and oxygen atoms in total. The minimum atomic E-state index is -0.928. The molecule has 1 atom stereocenters. The average molecular weight is 340 g/mol. The Kier molecular flexibility index (Phi) is 5.67. The molecule has 1 heterocycles. The maximum Gasteiger partial charge on any atom is 0.318 e. The van der Waals surface area contributed by atoms with Gasteiger partial charge in [0.05, 0.1) is 6.42 Å². The predicted octanol–water partition coefficient (Wildman–Crippen LogP) is 0.111. The van der Waals surface area contributed by atoms with Crippen molar-refractivity contribution in [3.05, 3.63) is 35.4 Å². The van der Waals surface area contributed by atoms with E-state index in [1.807, 2.05) is 0 Å². The Morgan fingerprint density at radius 1 is 1.29 bits per heavy atom. The SMILES string of the molecule is CNC(=O)C[C@@H]1C(=O)NCCN1C(=O)NCc1cc(F)cc(F)c1. The molecule has 0 bridgehead atoms. The molecule has 24 heavy (non-hydrogen) atoms. The van der Waals surface area contributed by atoms with Gasteiger partial charge in [0.1, 0.15) is 17.7 Å². The number of urea groups is 1. The highest BCUT2D eigenvalue weighted by atomic mass is 19.1. The zero-order chi connectivity index (χ0) is 17.7. The third-order valence-corrected chi connectivity index (χ3v) is 3.62. The summed E-state index contributed by atoms with van der Waals surface area (Å²) in [4.78, 5) is 36.9. The number of carbonyl (C=O) groups is 3. The van der Waals surface area contributed by atoms with Crippen LogP contribution in [0.1, 0.15) is 12.0 Å². The topological polar surface area (TPSA) is 90.5 Å². The van der Waals surface area contributed by atoms with Gasteiger partial charge < -0.3 is 20.9 Å². The van der Waals surface area contributed by atoms with Crippen molar-refractivity contribution < 1.29 is 23.2 Å². The molecule has 0 aromatic heterocycles. The summed E-state index contributed by atoms with van der Waals surface area (Å²) in [7, 11) is 1.44. The molecule has 2 rings (SSSR count). The van der Waals surface area contributed by atoms with Gasteiger partial charge in [0.15, 0.2) is 0 Å². The van der Waals surface area contributed by atoms with E-state index < -0.39 is 29.6 Å². The van der Waals surface area contributed by atoms with Gasteiger partial charge in [-0.2, -0.15) is 0 Å². The van der Waals surface area contributed by atoms with Crippen molar-refractivity contribution in [1.82, 2.24) is 20.9 Å². The van der Waals surface area contributed by atoms with E-state index in [2.05, 4.69) is 16.0 Å². The first-order valence-electron chi connectivity index (χ1n) is 7.38. The Morgan fingerprint density at radius 3 is 2.58 bits per heavy atom. The Morgan fingerprint density at radius 2 is 1.96 bits per heavy atom. The highest BCUT2D eigenvalue weighted by Gasteiger charge is 2.34. The van der Waals surface area contributed by atoms with Crippen molar-refractivity contribution in [3.8, 4) is 0 Å². The molecule has 1 aliphatic heterocycles. The summed E-state index contributed by atoms with van der Waals surface area (Å²) >= 11 is 0. The number of nitrogens with one attached hydrogen (secondary N) is 3. The zero-order valence-corrected chi connectivity index (χ0v) is 13.1. The van der Waals surface area contributed by atoms with E-state index in [4.69, 9.17) is 0 Å². The van der Waals surface area contributed by atoms with Gasteiger partial charge in [0, 0.05) is 32.7 Å². The number of rotatable bonds is 4. The summed E-state index contributed by atoms with van der Waals surface area (Å²) in [6.45, 7) is 0.403. The van der Waals surface area contributed by atoms with Gasteiger partial charge in [0.2, 0.25) is 11.8 Å². The number of hydrogen-bond donors (Lipinski definition) is 3. The minimum absolute atomic E-state index is 0.0989. The fourth-order valence-electron chi connectivity index (χ4n) is 2.43. The fraction of sp³-hybridized carbons (Fsp3) is 0.400. The van der Waals surface area contributed by atoms with Gasteiger partial charge in [0.25, 0.3) is 0 Å². The third kappa shape index (κ3) is 4.40. The first-order chi connectivity index (χ1) is 11.4. The summed E-state index contributed by atoms with van der Waals surface area (Å²) in [6.07, 6.45) is -0.162. The highest BCUT2D eigenvalue weighted by molar-refractivity contribution is 5.92. The molecule has 1 aromatic carbocycles. The van der Waals surface area contributed by atoms with Crippen LogP contribution in [0.5, 0.6) is 0 Å². The summed E-state index contributed by atoms with van der Waals surface area (Å²) in [5, 5.41) is 7.50. The molecular formula is C15H18F2N4O3. The molecule has 0 unspecified atom stereocenters. The van der Waals surface area contributed by atoms with Crippen LogP contribution in [0.3, 0.4) is 0 Å². The fourth-order valence-corrected chi connectivity index (χ4v) is 2.43. The Labute approximate surface area is 137 Å². The van der Waals surface area contributed by atoms with Gasteiger partial charge in [-0.05, 0) is 17.7 Å². The van der Waals surface area contributed by atoms with Crippen molar-refractivity contribution >= 4 is 17.8 Å². The number of halogens is 2. The summed E-state index contributed by atoms with van der Waals surface area (Å²) < 4.78 is 26.3. The van der Waals surface area contributed by atoms with E-state index in [9.17, 15) is 23.2 Å². The molecule has 0 radical (unpaired) electrons.